The summed E-state index contributed by atoms with van der Waals surface area (Å²) < 4.78 is 11.2. The lowest BCUT2D eigenvalue weighted by molar-refractivity contribution is 0.0374. The van der Waals surface area contributed by atoms with Gasteiger partial charge in [0.05, 0.1) is 24.8 Å². The molecule has 6 heteroatoms. The average Bonchev–Trinajstić information content (AvgIpc) is 3.04. The van der Waals surface area contributed by atoms with Crippen molar-refractivity contribution in [3.05, 3.63) is 46.1 Å². The van der Waals surface area contributed by atoms with Crippen LogP contribution in [-0.4, -0.2) is 44.3 Å². The van der Waals surface area contributed by atoms with Crippen LogP contribution < -0.4 is 5.32 Å². The second kappa shape index (κ2) is 8.88. The second-order valence-corrected chi connectivity index (χ2v) is 6.72. The van der Waals surface area contributed by atoms with Crippen molar-refractivity contribution in [1.29, 1.82) is 0 Å². The molecule has 0 amide bonds. The third-order valence-electron chi connectivity index (χ3n) is 4.09. The second-order valence-electron chi connectivity index (χ2n) is 5.87. The highest BCUT2D eigenvalue weighted by atomic mass is 35.5. The Hall–Kier alpha value is -1.04. The molecule has 1 aromatic carbocycles. The molecule has 4 nitrogen and oxygen atoms in total. The summed E-state index contributed by atoms with van der Waals surface area (Å²) in [6.07, 6.45) is 1.12. The molecule has 1 saturated heterocycles. The number of nitrogens with one attached hydrogen (secondary N) is 1. The highest BCUT2D eigenvalue weighted by molar-refractivity contribution is 6.36. The minimum absolute atomic E-state index is 0.599. The molecule has 0 unspecified atom stereocenters. The van der Waals surface area contributed by atoms with E-state index in [1.165, 1.54) is 0 Å². The maximum atomic E-state index is 6.22. The van der Waals surface area contributed by atoms with Crippen molar-refractivity contribution < 1.29 is 9.15 Å². The fraction of sp³-hybridized carbons (Fsp3) is 0.444. The maximum absolute atomic E-state index is 6.22. The van der Waals surface area contributed by atoms with Gasteiger partial charge in [-0.1, -0.05) is 23.2 Å². The zero-order valence-electron chi connectivity index (χ0n) is 13.6. The lowest BCUT2D eigenvalue weighted by Gasteiger charge is -2.26. The van der Waals surface area contributed by atoms with Gasteiger partial charge in [-0.2, -0.15) is 0 Å². The predicted molar refractivity (Wildman–Crippen MR) is 97.7 cm³/mol. The van der Waals surface area contributed by atoms with Crippen molar-refractivity contribution in [3.63, 3.8) is 0 Å². The summed E-state index contributed by atoms with van der Waals surface area (Å²) in [6.45, 7) is 6.60. The fourth-order valence-electron chi connectivity index (χ4n) is 2.77. The van der Waals surface area contributed by atoms with Gasteiger partial charge in [-0.3, -0.25) is 4.90 Å². The summed E-state index contributed by atoms with van der Waals surface area (Å²) in [5, 5.41) is 4.65. The van der Waals surface area contributed by atoms with Gasteiger partial charge >= 0.3 is 0 Å². The lowest BCUT2D eigenvalue weighted by Crippen LogP contribution is -2.37. The molecule has 1 aromatic heterocycles. The van der Waals surface area contributed by atoms with Crippen LogP contribution in [0.2, 0.25) is 10.0 Å². The molecule has 0 saturated carbocycles. The Morgan fingerprint density at radius 2 is 1.92 bits per heavy atom. The van der Waals surface area contributed by atoms with Crippen LogP contribution >= 0.6 is 23.2 Å². The van der Waals surface area contributed by atoms with Gasteiger partial charge < -0.3 is 14.5 Å². The third-order valence-corrected chi connectivity index (χ3v) is 4.64. The zero-order chi connectivity index (χ0) is 16.8. The molecule has 130 valence electrons. The standard InChI is InChI=1S/C18H22Cl2N2O2/c19-14-2-4-16(17(20)12-14)18-5-3-15(24-18)13-21-6-1-7-22-8-10-23-11-9-22/h2-5,12,21H,1,6-11,13H2. The zero-order valence-corrected chi connectivity index (χ0v) is 15.1. The molecule has 1 aliphatic heterocycles. The van der Waals surface area contributed by atoms with E-state index in [1.54, 1.807) is 6.07 Å². The quantitative estimate of drug-likeness (QED) is 0.747. The molecule has 1 N–H and O–H groups in total. The monoisotopic (exact) mass is 368 g/mol. The van der Waals surface area contributed by atoms with Crippen molar-refractivity contribution in [2.75, 3.05) is 39.4 Å². The van der Waals surface area contributed by atoms with Gasteiger partial charge in [-0.15, -0.1) is 0 Å². The molecule has 0 atom stereocenters. The summed E-state index contributed by atoms with van der Waals surface area (Å²) in [7, 11) is 0. The highest BCUT2D eigenvalue weighted by Crippen LogP contribution is 2.31. The number of hydrogen-bond donors (Lipinski definition) is 1. The Bertz CT molecular complexity index is 654. The first kappa shape index (κ1) is 17.8. The van der Waals surface area contributed by atoms with E-state index in [0.29, 0.717) is 16.6 Å². The Morgan fingerprint density at radius 1 is 1.08 bits per heavy atom. The molecule has 0 aliphatic carbocycles. The fourth-order valence-corrected chi connectivity index (χ4v) is 3.27. The average molecular weight is 369 g/mol. The number of halogens is 2. The minimum Gasteiger partial charge on any atom is -0.460 e. The first-order valence-corrected chi connectivity index (χ1v) is 9.03. The van der Waals surface area contributed by atoms with Crippen molar-refractivity contribution in [2.45, 2.75) is 13.0 Å². The number of hydrogen-bond acceptors (Lipinski definition) is 4. The molecule has 2 aromatic rings. The Balaban J connectivity index is 1.42. The van der Waals surface area contributed by atoms with Crippen LogP contribution in [-0.2, 0) is 11.3 Å². The van der Waals surface area contributed by atoms with Gasteiger partial charge in [0.15, 0.2) is 0 Å². The van der Waals surface area contributed by atoms with E-state index >= 15 is 0 Å². The predicted octanol–water partition coefficient (Wildman–Crippen LogP) is 4.07. The Morgan fingerprint density at radius 3 is 2.71 bits per heavy atom. The van der Waals surface area contributed by atoms with E-state index in [-0.39, 0.29) is 0 Å². The van der Waals surface area contributed by atoms with Crippen LogP contribution in [0.3, 0.4) is 0 Å². The Labute approximate surface area is 152 Å². The normalized spacial score (nSPS) is 15.8. The SMILES string of the molecule is Clc1ccc(-c2ccc(CNCCCN3CCOCC3)o2)c(Cl)c1. The molecule has 24 heavy (non-hydrogen) atoms. The largest absolute Gasteiger partial charge is 0.460 e. The van der Waals surface area contributed by atoms with Gasteiger partial charge in [-0.25, -0.2) is 0 Å². The van der Waals surface area contributed by atoms with E-state index in [9.17, 15) is 0 Å². The molecule has 1 fully saturated rings. The number of rotatable bonds is 7. The van der Waals surface area contributed by atoms with Gasteiger partial charge in [-0.05, 0) is 49.8 Å². The summed E-state index contributed by atoms with van der Waals surface area (Å²) in [6, 6.07) is 9.34. The lowest BCUT2D eigenvalue weighted by atomic mass is 10.2. The summed E-state index contributed by atoms with van der Waals surface area (Å²) >= 11 is 12.1. The Kier molecular flexibility index (Phi) is 6.58. The molecule has 0 bridgehead atoms. The van der Waals surface area contributed by atoms with E-state index in [1.807, 2.05) is 24.3 Å². The van der Waals surface area contributed by atoms with Gasteiger partial charge in [0.2, 0.25) is 0 Å². The summed E-state index contributed by atoms with van der Waals surface area (Å²) in [5.41, 5.74) is 0.861. The number of benzene rings is 1. The third kappa shape index (κ3) is 4.98. The van der Waals surface area contributed by atoms with Crippen molar-refractivity contribution in [1.82, 2.24) is 10.2 Å². The van der Waals surface area contributed by atoms with Crippen LogP contribution in [0.4, 0.5) is 0 Å². The molecular weight excluding hydrogens is 347 g/mol. The van der Waals surface area contributed by atoms with Crippen molar-refractivity contribution in [3.8, 4) is 11.3 Å². The van der Waals surface area contributed by atoms with Crippen LogP contribution in [0, 0.1) is 0 Å². The van der Waals surface area contributed by atoms with E-state index in [0.717, 1.165) is 62.9 Å². The van der Waals surface area contributed by atoms with E-state index in [4.69, 9.17) is 32.4 Å². The topological polar surface area (TPSA) is 37.6 Å². The van der Waals surface area contributed by atoms with Crippen molar-refractivity contribution in [2.24, 2.45) is 0 Å². The minimum atomic E-state index is 0.599. The van der Waals surface area contributed by atoms with Gasteiger partial charge in [0, 0.05) is 23.7 Å². The molecule has 2 heterocycles. The molecule has 0 spiro atoms. The van der Waals surface area contributed by atoms with Crippen molar-refractivity contribution >= 4 is 23.2 Å². The molecule has 0 radical (unpaired) electrons. The number of ether oxygens (including phenoxy) is 1. The number of morpholine rings is 1. The van der Waals surface area contributed by atoms with Gasteiger partial charge in [0.1, 0.15) is 11.5 Å². The maximum Gasteiger partial charge on any atom is 0.135 e. The molecule has 3 rings (SSSR count). The van der Waals surface area contributed by atoms with E-state index < -0.39 is 0 Å². The summed E-state index contributed by atoms with van der Waals surface area (Å²) in [5.74, 6) is 1.67. The molecular formula is C18H22Cl2N2O2. The number of furan rings is 1. The first-order valence-electron chi connectivity index (χ1n) is 8.27. The summed E-state index contributed by atoms with van der Waals surface area (Å²) in [4.78, 5) is 2.44. The smallest absolute Gasteiger partial charge is 0.135 e. The van der Waals surface area contributed by atoms with Crippen LogP contribution in [0.1, 0.15) is 12.2 Å². The highest BCUT2D eigenvalue weighted by Gasteiger charge is 2.10. The van der Waals surface area contributed by atoms with E-state index in [2.05, 4.69) is 10.2 Å². The number of nitrogens with zero attached hydrogens (tertiary/aromatic N) is 1. The molecule has 1 aliphatic rings. The van der Waals surface area contributed by atoms with Gasteiger partial charge in [0.25, 0.3) is 0 Å². The van der Waals surface area contributed by atoms with Crippen LogP contribution in [0.25, 0.3) is 11.3 Å². The van der Waals surface area contributed by atoms with Crippen LogP contribution in [0.5, 0.6) is 0 Å². The first-order chi connectivity index (χ1) is 11.7. The van der Waals surface area contributed by atoms with Crippen LogP contribution in [0.15, 0.2) is 34.7 Å².